The van der Waals surface area contributed by atoms with Gasteiger partial charge in [0.05, 0.1) is 13.2 Å². The zero-order valence-corrected chi connectivity index (χ0v) is 12.0. The second-order valence-electron chi connectivity index (χ2n) is 5.67. The summed E-state index contributed by atoms with van der Waals surface area (Å²) in [5, 5.41) is 3.41. The molecular formula is C16H25NO2. The summed E-state index contributed by atoms with van der Waals surface area (Å²) in [4.78, 5) is 0. The second-order valence-corrected chi connectivity index (χ2v) is 5.67. The number of nitrogens with one attached hydrogen (secondary N) is 1. The number of benzene rings is 1. The van der Waals surface area contributed by atoms with Crippen LogP contribution >= 0.6 is 0 Å². The summed E-state index contributed by atoms with van der Waals surface area (Å²) in [6, 6.07) is 7.96. The monoisotopic (exact) mass is 263 g/mol. The van der Waals surface area contributed by atoms with Crippen molar-refractivity contribution in [3.8, 4) is 11.5 Å². The number of rotatable bonds is 6. The summed E-state index contributed by atoms with van der Waals surface area (Å²) in [5.41, 5.74) is 0. The minimum Gasteiger partial charge on any atom is -0.489 e. The van der Waals surface area contributed by atoms with Crippen molar-refractivity contribution >= 4 is 0 Å². The van der Waals surface area contributed by atoms with Gasteiger partial charge >= 0.3 is 0 Å². The molecule has 19 heavy (non-hydrogen) atoms. The summed E-state index contributed by atoms with van der Waals surface area (Å²) in [7, 11) is 0. The van der Waals surface area contributed by atoms with Gasteiger partial charge in [-0.3, -0.25) is 0 Å². The molecule has 1 aliphatic heterocycles. The van der Waals surface area contributed by atoms with Crippen molar-refractivity contribution in [2.75, 3.05) is 26.3 Å². The maximum atomic E-state index is 5.94. The Morgan fingerprint density at radius 3 is 2.58 bits per heavy atom. The van der Waals surface area contributed by atoms with Gasteiger partial charge in [-0.2, -0.15) is 0 Å². The highest BCUT2D eigenvalue weighted by Crippen LogP contribution is 2.27. The summed E-state index contributed by atoms with van der Waals surface area (Å²) in [6.45, 7) is 8.01. The normalized spacial score (nSPS) is 19.4. The highest BCUT2D eigenvalue weighted by Gasteiger charge is 2.14. The number of hydrogen-bond acceptors (Lipinski definition) is 3. The number of ether oxygens (including phenoxy) is 2. The summed E-state index contributed by atoms with van der Waals surface area (Å²) in [5.74, 6) is 2.87. The average molecular weight is 263 g/mol. The van der Waals surface area contributed by atoms with E-state index in [0.717, 1.165) is 37.8 Å². The zero-order valence-electron chi connectivity index (χ0n) is 12.0. The molecule has 1 saturated heterocycles. The predicted molar refractivity (Wildman–Crippen MR) is 77.9 cm³/mol. The molecule has 0 aliphatic carbocycles. The molecule has 0 saturated carbocycles. The Hall–Kier alpha value is -1.22. The molecule has 1 aromatic carbocycles. The van der Waals surface area contributed by atoms with E-state index >= 15 is 0 Å². The van der Waals surface area contributed by atoms with Crippen LogP contribution in [0.4, 0.5) is 0 Å². The van der Waals surface area contributed by atoms with Crippen LogP contribution in [0.3, 0.4) is 0 Å². The summed E-state index contributed by atoms with van der Waals surface area (Å²) < 4.78 is 11.7. The molecule has 1 aliphatic rings. The molecule has 3 nitrogen and oxygen atoms in total. The molecule has 3 heteroatoms. The Balaban J connectivity index is 1.87. The molecule has 2 rings (SSSR count). The van der Waals surface area contributed by atoms with Crippen molar-refractivity contribution < 1.29 is 9.47 Å². The fourth-order valence-corrected chi connectivity index (χ4v) is 2.22. The van der Waals surface area contributed by atoms with Gasteiger partial charge in [-0.05, 0) is 37.4 Å². The summed E-state index contributed by atoms with van der Waals surface area (Å²) in [6.07, 6.45) is 2.50. The Bertz CT molecular complexity index is 373. The van der Waals surface area contributed by atoms with Gasteiger partial charge in [-0.25, -0.2) is 0 Å². The molecule has 0 radical (unpaired) electrons. The van der Waals surface area contributed by atoms with Crippen LogP contribution in [-0.4, -0.2) is 26.3 Å². The Morgan fingerprint density at radius 1 is 1.21 bits per heavy atom. The van der Waals surface area contributed by atoms with Crippen molar-refractivity contribution in [3.63, 3.8) is 0 Å². The first-order chi connectivity index (χ1) is 9.25. The third-order valence-electron chi connectivity index (χ3n) is 3.29. The van der Waals surface area contributed by atoms with Crippen LogP contribution in [0.5, 0.6) is 11.5 Å². The number of hydrogen-bond donors (Lipinski definition) is 1. The maximum Gasteiger partial charge on any atom is 0.161 e. The lowest BCUT2D eigenvalue weighted by molar-refractivity contribution is 0.201. The van der Waals surface area contributed by atoms with Crippen molar-refractivity contribution in [2.24, 2.45) is 11.8 Å². The molecule has 0 spiro atoms. The van der Waals surface area contributed by atoms with Gasteiger partial charge in [-0.15, -0.1) is 0 Å². The number of piperidine rings is 1. The first-order valence-corrected chi connectivity index (χ1v) is 7.31. The molecule has 0 bridgehead atoms. The molecular weight excluding hydrogens is 238 g/mol. The van der Waals surface area contributed by atoms with Gasteiger partial charge < -0.3 is 14.8 Å². The molecule has 106 valence electrons. The van der Waals surface area contributed by atoms with E-state index in [-0.39, 0.29) is 0 Å². The molecule has 1 unspecified atom stereocenters. The minimum absolute atomic E-state index is 0.524. The Labute approximate surface area is 116 Å². The van der Waals surface area contributed by atoms with Crippen LogP contribution in [0.2, 0.25) is 0 Å². The first kappa shape index (κ1) is 14.2. The SMILES string of the molecule is CC(C)COc1ccccc1OCC1CCCNC1. The van der Waals surface area contributed by atoms with Crippen molar-refractivity contribution in [1.29, 1.82) is 0 Å². The van der Waals surface area contributed by atoms with E-state index in [2.05, 4.69) is 19.2 Å². The van der Waals surface area contributed by atoms with Gasteiger partial charge in [-0.1, -0.05) is 26.0 Å². The van der Waals surface area contributed by atoms with Crippen LogP contribution in [0.15, 0.2) is 24.3 Å². The third kappa shape index (κ3) is 4.75. The topological polar surface area (TPSA) is 30.5 Å². The lowest BCUT2D eigenvalue weighted by atomic mass is 10.0. The van der Waals surface area contributed by atoms with Gasteiger partial charge in [0.15, 0.2) is 11.5 Å². The van der Waals surface area contributed by atoms with Crippen LogP contribution < -0.4 is 14.8 Å². The zero-order chi connectivity index (χ0) is 13.5. The number of para-hydroxylation sites is 2. The molecule has 1 atom stereocenters. The van der Waals surface area contributed by atoms with Crippen molar-refractivity contribution in [1.82, 2.24) is 5.32 Å². The second kappa shape index (κ2) is 7.39. The smallest absolute Gasteiger partial charge is 0.161 e. The highest BCUT2D eigenvalue weighted by atomic mass is 16.5. The van der Waals surface area contributed by atoms with E-state index < -0.39 is 0 Å². The Morgan fingerprint density at radius 2 is 1.95 bits per heavy atom. The van der Waals surface area contributed by atoms with E-state index in [9.17, 15) is 0 Å². The molecule has 1 aromatic rings. The lowest BCUT2D eigenvalue weighted by Crippen LogP contribution is -2.33. The van der Waals surface area contributed by atoms with Gasteiger partial charge in [0.1, 0.15) is 0 Å². The Kier molecular flexibility index (Phi) is 5.52. The first-order valence-electron chi connectivity index (χ1n) is 7.31. The molecule has 1 fully saturated rings. The van der Waals surface area contributed by atoms with Crippen molar-refractivity contribution in [2.45, 2.75) is 26.7 Å². The largest absolute Gasteiger partial charge is 0.489 e. The molecule has 1 heterocycles. The fourth-order valence-electron chi connectivity index (χ4n) is 2.22. The van der Waals surface area contributed by atoms with Crippen LogP contribution in [-0.2, 0) is 0 Å². The average Bonchev–Trinajstić information content (AvgIpc) is 2.45. The van der Waals surface area contributed by atoms with Crippen LogP contribution in [0, 0.1) is 11.8 Å². The van der Waals surface area contributed by atoms with E-state index in [1.807, 2.05) is 24.3 Å². The van der Waals surface area contributed by atoms with Gasteiger partial charge in [0.2, 0.25) is 0 Å². The van der Waals surface area contributed by atoms with Crippen LogP contribution in [0.1, 0.15) is 26.7 Å². The highest BCUT2D eigenvalue weighted by molar-refractivity contribution is 5.39. The van der Waals surface area contributed by atoms with E-state index in [1.165, 1.54) is 12.8 Å². The quantitative estimate of drug-likeness (QED) is 0.855. The third-order valence-corrected chi connectivity index (χ3v) is 3.29. The molecule has 1 N–H and O–H groups in total. The maximum absolute atomic E-state index is 5.94. The van der Waals surface area contributed by atoms with Crippen molar-refractivity contribution in [3.05, 3.63) is 24.3 Å². The standard InChI is InChI=1S/C16H25NO2/c1-13(2)11-18-15-7-3-4-8-16(15)19-12-14-6-5-9-17-10-14/h3-4,7-8,13-14,17H,5-6,9-12H2,1-2H3. The molecule has 0 amide bonds. The van der Waals surface area contributed by atoms with E-state index in [4.69, 9.17) is 9.47 Å². The minimum atomic E-state index is 0.524. The lowest BCUT2D eigenvalue weighted by Gasteiger charge is -2.23. The molecule has 0 aromatic heterocycles. The van der Waals surface area contributed by atoms with Crippen LogP contribution in [0.25, 0.3) is 0 Å². The van der Waals surface area contributed by atoms with Gasteiger partial charge in [0.25, 0.3) is 0 Å². The van der Waals surface area contributed by atoms with E-state index in [0.29, 0.717) is 11.8 Å². The predicted octanol–water partition coefficient (Wildman–Crippen LogP) is 3.10. The van der Waals surface area contributed by atoms with Gasteiger partial charge in [0, 0.05) is 12.5 Å². The summed E-state index contributed by atoms with van der Waals surface area (Å²) >= 11 is 0. The van der Waals surface area contributed by atoms with E-state index in [1.54, 1.807) is 0 Å². The fraction of sp³-hybridized carbons (Fsp3) is 0.625.